The van der Waals surface area contributed by atoms with Crippen molar-refractivity contribution in [3.8, 4) is 0 Å². The molecule has 0 aromatic heterocycles. The second kappa shape index (κ2) is 9.20. The first-order valence-corrected chi connectivity index (χ1v) is 10.9. The Bertz CT molecular complexity index is 1260. The molecule has 0 saturated carbocycles. The monoisotopic (exact) mass is 458 g/mol. The minimum absolute atomic E-state index is 0.0355. The fourth-order valence-corrected chi connectivity index (χ4v) is 4.42. The summed E-state index contributed by atoms with van der Waals surface area (Å²) in [5.41, 5.74) is 1.70. The molecule has 0 unspecified atom stereocenters. The Kier molecular flexibility index (Phi) is 6.62. The maximum atomic E-state index is 12.9. The summed E-state index contributed by atoms with van der Waals surface area (Å²) < 4.78 is 32.9. The fourth-order valence-electron chi connectivity index (χ4n) is 2.84. The van der Waals surface area contributed by atoms with Gasteiger partial charge in [0.25, 0.3) is 15.9 Å². The molecular weight excluding hydrogens is 440 g/mol. The summed E-state index contributed by atoms with van der Waals surface area (Å²) in [6.07, 6.45) is 0. The van der Waals surface area contributed by atoms with Crippen LogP contribution in [-0.2, 0) is 14.8 Å². The number of nitrogens with one attached hydrogen (secondary N) is 2. The number of para-hydroxylation sites is 1. The molecular formula is C22H19ClN2O5S. The van der Waals surface area contributed by atoms with Gasteiger partial charge in [-0.05, 0) is 55.0 Å². The zero-order valence-corrected chi connectivity index (χ0v) is 18.3. The quantitative estimate of drug-likeness (QED) is 0.530. The number of carbonyl (C=O) groups excluding carboxylic acids is 2. The lowest BCUT2D eigenvalue weighted by Crippen LogP contribution is -2.17. The highest BCUT2D eigenvalue weighted by Gasteiger charge is 2.21. The van der Waals surface area contributed by atoms with E-state index in [-0.39, 0.29) is 26.7 Å². The van der Waals surface area contributed by atoms with E-state index in [1.54, 1.807) is 30.3 Å². The Hall–Kier alpha value is -3.36. The van der Waals surface area contributed by atoms with Crippen molar-refractivity contribution in [2.75, 3.05) is 17.1 Å². The lowest BCUT2D eigenvalue weighted by molar-refractivity contribution is 0.0602. The van der Waals surface area contributed by atoms with Gasteiger partial charge in [0.15, 0.2) is 0 Å². The van der Waals surface area contributed by atoms with Crippen molar-refractivity contribution >= 4 is 44.9 Å². The molecule has 0 aliphatic heterocycles. The van der Waals surface area contributed by atoms with Crippen LogP contribution in [0.3, 0.4) is 0 Å². The number of amides is 1. The second-order valence-corrected chi connectivity index (χ2v) is 8.67. The molecule has 0 radical (unpaired) electrons. The number of methoxy groups -OCH3 is 1. The molecule has 0 aliphatic rings. The number of aryl methyl sites for hydroxylation is 1. The molecule has 7 nitrogen and oxygen atoms in total. The van der Waals surface area contributed by atoms with Gasteiger partial charge in [0, 0.05) is 11.3 Å². The molecule has 1 amide bonds. The topological polar surface area (TPSA) is 102 Å². The van der Waals surface area contributed by atoms with Gasteiger partial charge >= 0.3 is 5.97 Å². The first-order chi connectivity index (χ1) is 14.7. The number of sulfonamides is 1. The number of carbonyl (C=O) groups is 2. The van der Waals surface area contributed by atoms with E-state index in [9.17, 15) is 18.0 Å². The third-order valence-corrected chi connectivity index (χ3v) is 6.20. The van der Waals surface area contributed by atoms with Gasteiger partial charge in [0.05, 0.1) is 23.4 Å². The SMILES string of the molecule is COC(=O)c1ccccc1NC(=O)c1ccc(Cl)c(S(=O)(=O)Nc2cccc(C)c2)c1. The molecule has 3 aromatic carbocycles. The number of rotatable bonds is 6. The number of hydrogen-bond acceptors (Lipinski definition) is 5. The van der Waals surface area contributed by atoms with Crippen LogP contribution < -0.4 is 10.0 Å². The van der Waals surface area contributed by atoms with Crippen molar-refractivity contribution < 1.29 is 22.7 Å². The Morgan fingerprint density at radius 3 is 2.42 bits per heavy atom. The molecule has 3 rings (SSSR count). The number of esters is 1. The van der Waals surface area contributed by atoms with Crippen molar-refractivity contribution in [3.63, 3.8) is 0 Å². The first kappa shape index (κ1) is 22.3. The van der Waals surface area contributed by atoms with Gasteiger partial charge in [-0.3, -0.25) is 9.52 Å². The van der Waals surface area contributed by atoms with Gasteiger partial charge in [-0.2, -0.15) is 0 Å². The third kappa shape index (κ3) is 5.22. The average molecular weight is 459 g/mol. The summed E-state index contributed by atoms with van der Waals surface area (Å²) in [6, 6.07) is 17.1. The van der Waals surface area contributed by atoms with Gasteiger partial charge in [-0.25, -0.2) is 13.2 Å². The molecule has 0 fully saturated rings. The molecule has 2 N–H and O–H groups in total. The summed E-state index contributed by atoms with van der Waals surface area (Å²) in [5, 5.41) is 2.56. The van der Waals surface area contributed by atoms with E-state index >= 15 is 0 Å². The number of ether oxygens (including phenoxy) is 1. The highest BCUT2D eigenvalue weighted by molar-refractivity contribution is 7.92. The van der Waals surface area contributed by atoms with E-state index in [2.05, 4.69) is 10.0 Å². The van der Waals surface area contributed by atoms with Crippen molar-refractivity contribution in [1.29, 1.82) is 0 Å². The summed E-state index contributed by atoms with van der Waals surface area (Å²) in [6.45, 7) is 1.84. The highest BCUT2D eigenvalue weighted by atomic mass is 35.5. The molecule has 31 heavy (non-hydrogen) atoms. The van der Waals surface area contributed by atoms with Crippen LogP contribution in [0.1, 0.15) is 26.3 Å². The van der Waals surface area contributed by atoms with Crippen LogP contribution in [0.15, 0.2) is 71.6 Å². The lowest BCUT2D eigenvalue weighted by Gasteiger charge is -2.13. The molecule has 0 spiro atoms. The largest absolute Gasteiger partial charge is 0.465 e. The predicted octanol–water partition coefficient (Wildman–Crippen LogP) is 4.49. The Balaban J connectivity index is 1.91. The van der Waals surface area contributed by atoms with E-state index in [1.165, 1.54) is 37.4 Å². The minimum Gasteiger partial charge on any atom is -0.465 e. The Morgan fingerprint density at radius 1 is 0.968 bits per heavy atom. The molecule has 0 heterocycles. The maximum Gasteiger partial charge on any atom is 0.339 e. The number of benzene rings is 3. The standard InChI is InChI=1S/C22H19ClN2O5S/c1-14-6-5-7-16(12-14)25-31(28,29)20-13-15(10-11-18(20)23)21(26)24-19-9-4-3-8-17(19)22(27)30-2/h3-13,25H,1-2H3,(H,24,26). The fraction of sp³-hybridized carbons (Fsp3) is 0.0909. The lowest BCUT2D eigenvalue weighted by atomic mass is 10.1. The normalized spacial score (nSPS) is 10.9. The van der Waals surface area contributed by atoms with Crippen molar-refractivity contribution in [2.45, 2.75) is 11.8 Å². The van der Waals surface area contributed by atoms with E-state index < -0.39 is 21.9 Å². The van der Waals surface area contributed by atoms with Gasteiger partial charge in [-0.1, -0.05) is 35.9 Å². The smallest absolute Gasteiger partial charge is 0.339 e. The first-order valence-electron chi connectivity index (χ1n) is 9.09. The zero-order valence-electron chi connectivity index (χ0n) is 16.7. The van der Waals surface area contributed by atoms with Crippen molar-refractivity contribution in [3.05, 3.63) is 88.4 Å². The van der Waals surface area contributed by atoms with Crippen molar-refractivity contribution in [1.82, 2.24) is 0 Å². The van der Waals surface area contributed by atoms with Crippen molar-refractivity contribution in [2.24, 2.45) is 0 Å². The number of halogens is 1. The Morgan fingerprint density at radius 2 is 1.71 bits per heavy atom. The van der Waals surface area contributed by atoms with Gasteiger partial charge < -0.3 is 10.1 Å². The molecule has 160 valence electrons. The van der Waals surface area contributed by atoms with E-state index in [1.807, 2.05) is 13.0 Å². The highest BCUT2D eigenvalue weighted by Crippen LogP contribution is 2.26. The van der Waals surface area contributed by atoms with Gasteiger partial charge in [0.1, 0.15) is 4.90 Å². The van der Waals surface area contributed by atoms with Gasteiger partial charge in [-0.15, -0.1) is 0 Å². The van der Waals surface area contributed by atoms with Crippen LogP contribution in [0, 0.1) is 6.92 Å². The van der Waals surface area contributed by atoms with Crippen LogP contribution in [-0.4, -0.2) is 27.4 Å². The molecule has 0 bridgehead atoms. The summed E-state index contributed by atoms with van der Waals surface area (Å²) >= 11 is 6.12. The van der Waals surface area contributed by atoms with E-state index in [0.29, 0.717) is 5.69 Å². The van der Waals surface area contributed by atoms with Gasteiger partial charge in [0.2, 0.25) is 0 Å². The van der Waals surface area contributed by atoms with Crippen LogP contribution in [0.4, 0.5) is 11.4 Å². The summed E-state index contributed by atoms with van der Waals surface area (Å²) in [4.78, 5) is 24.4. The third-order valence-electron chi connectivity index (χ3n) is 4.33. The average Bonchev–Trinajstić information content (AvgIpc) is 2.73. The van der Waals surface area contributed by atoms with Crippen LogP contribution in [0.5, 0.6) is 0 Å². The molecule has 0 saturated heterocycles. The number of anilines is 2. The van der Waals surface area contributed by atoms with E-state index in [4.69, 9.17) is 16.3 Å². The number of hydrogen-bond donors (Lipinski definition) is 2. The predicted molar refractivity (Wildman–Crippen MR) is 119 cm³/mol. The Labute approximate surface area is 185 Å². The molecule has 0 atom stereocenters. The van der Waals surface area contributed by atoms with E-state index in [0.717, 1.165) is 5.56 Å². The summed E-state index contributed by atoms with van der Waals surface area (Å²) in [7, 11) is -2.82. The van der Waals surface area contributed by atoms with Crippen LogP contribution in [0.25, 0.3) is 0 Å². The second-order valence-electron chi connectivity index (χ2n) is 6.61. The molecule has 9 heteroatoms. The maximum absolute atomic E-state index is 12.9. The zero-order chi connectivity index (χ0) is 22.6. The summed E-state index contributed by atoms with van der Waals surface area (Å²) in [5.74, 6) is -1.22. The van der Waals surface area contributed by atoms with Crippen LogP contribution in [0.2, 0.25) is 5.02 Å². The molecule has 0 aliphatic carbocycles. The molecule has 3 aromatic rings. The minimum atomic E-state index is -4.05. The van der Waals surface area contributed by atoms with Crippen LogP contribution >= 0.6 is 11.6 Å².